The summed E-state index contributed by atoms with van der Waals surface area (Å²) in [5.41, 5.74) is 1.94. The van der Waals surface area contributed by atoms with Crippen molar-refractivity contribution in [2.24, 2.45) is 0 Å². The minimum Gasteiger partial charge on any atom is -0.497 e. The first-order valence-corrected chi connectivity index (χ1v) is 10.4. The van der Waals surface area contributed by atoms with Crippen molar-refractivity contribution in [3.05, 3.63) is 101 Å². The molecule has 0 aliphatic heterocycles. The molecule has 3 rings (SSSR count). The summed E-state index contributed by atoms with van der Waals surface area (Å²) >= 11 is 0. The summed E-state index contributed by atoms with van der Waals surface area (Å²) < 4.78 is 43.9. The van der Waals surface area contributed by atoms with Gasteiger partial charge in [0.15, 0.2) is 5.78 Å². The van der Waals surface area contributed by atoms with E-state index in [4.69, 9.17) is 4.74 Å². The van der Waals surface area contributed by atoms with Crippen LogP contribution < -0.4 is 10.1 Å². The maximum absolute atomic E-state index is 12.9. The molecule has 0 aromatic heterocycles. The van der Waals surface area contributed by atoms with Crippen molar-refractivity contribution in [2.75, 3.05) is 7.11 Å². The van der Waals surface area contributed by atoms with Crippen LogP contribution in [0.4, 0.5) is 13.2 Å². The molecule has 32 heavy (non-hydrogen) atoms. The number of methoxy groups -OCH3 is 1. The minimum atomic E-state index is -4.35. The number of Topliss-reactive ketones (excluding diaryl/α,β-unsaturated/α-hetero) is 1. The Hall–Kier alpha value is -3.12. The monoisotopic (exact) mass is 441 g/mol. The van der Waals surface area contributed by atoms with Gasteiger partial charge in [-0.25, -0.2) is 0 Å². The molecular formula is C26H26F3NO2. The molecule has 0 aliphatic carbocycles. The minimum absolute atomic E-state index is 0.0152. The summed E-state index contributed by atoms with van der Waals surface area (Å²) in [6, 6.07) is 21.6. The Morgan fingerprint density at radius 3 is 2.19 bits per heavy atom. The number of carbonyl (C=O) groups is 1. The van der Waals surface area contributed by atoms with E-state index >= 15 is 0 Å². The number of nitrogens with one attached hydrogen (secondary N) is 1. The Bertz CT molecular complexity index is 1020. The number of benzene rings is 3. The molecule has 0 saturated heterocycles. The van der Waals surface area contributed by atoms with Crippen LogP contribution in [0.1, 0.15) is 47.7 Å². The van der Waals surface area contributed by atoms with E-state index in [1.54, 1.807) is 14.0 Å². The molecule has 3 aromatic carbocycles. The third kappa shape index (κ3) is 6.20. The second-order valence-electron chi connectivity index (χ2n) is 7.68. The second kappa shape index (κ2) is 10.5. The van der Waals surface area contributed by atoms with E-state index in [9.17, 15) is 18.0 Å². The van der Waals surface area contributed by atoms with Gasteiger partial charge in [0.05, 0.1) is 18.7 Å². The normalized spacial score (nSPS) is 13.4. The van der Waals surface area contributed by atoms with Crippen molar-refractivity contribution in [3.63, 3.8) is 0 Å². The number of halogens is 3. The molecule has 0 fully saturated rings. The van der Waals surface area contributed by atoms with Gasteiger partial charge in [-0.15, -0.1) is 0 Å². The van der Waals surface area contributed by atoms with Gasteiger partial charge in [0.2, 0.25) is 0 Å². The smallest absolute Gasteiger partial charge is 0.416 e. The second-order valence-corrected chi connectivity index (χ2v) is 7.68. The van der Waals surface area contributed by atoms with Gasteiger partial charge in [-0.1, -0.05) is 54.6 Å². The third-order valence-corrected chi connectivity index (χ3v) is 5.41. The van der Waals surface area contributed by atoms with Gasteiger partial charge >= 0.3 is 6.18 Å². The lowest BCUT2D eigenvalue weighted by Crippen LogP contribution is -2.31. The van der Waals surface area contributed by atoms with E-state index in [-0.39, 0.29) is 11.8 Å². The van der Waals surface area contributed by atoms with Gasteiger partial charge in [0.25, 0.3) is 0 Å². The lowest BCUT2D eigenvalue weighted by atomic mass is 9.95. The summed E-state index contributed by atoms with van der Waals surface area (Å²) in [7, 11) is 1.59. The quantitative estimate of drug-likeness (QED) is 0.423. The number of hydrogen-bond donors (Lipinski definition) is 1. The van der Waals surface area contributed by atoms with Crippen LogP contribution in [0.5, 0.6) is 5.75 Å². The predicted molar refractivity (Wildman–Crippen MR) is 118 cm³/mol. The third-order valence-electron chi connectivity index (χ3n) is 5.41. The molecule has 0 radical (unpaired) electrons. The zero-order valence-electron chi connectivity index (χ0n) is 18.0. The van der Waals surface area contributed by atoms with E-state index in [1.807, 2.05) is 54.6 Å². The first-order chi connectivity index (χ1) is 15.3. The lowest BCUT2D eigenvalue weighted by molar-refractivity contribution is -0.137. The Labute approximate surface area is 186 Å². The van der Waals surface area contributed by atoms with Crippen LogP contribution in [0.25, 0.3) is 0 Å². The van der Waals surface area contributed by atoms with Gasteiger partial charge in [-0.2, -0.15) is 13.2 Å². The van der Waals surface area contributed by atoms with Crippen molar-refractivity contribution in [2.45, 2.75) is 38.0 Å². The molecule has 3 aromatic rings. The Morgan fingerprint density at radius 1 is 0.938 bits per heavy atom. The Kier molecular flexibility index (Phi) is 7.70. The fourth-order valence-corrected chi connectivity index (χ4v) is 3.67. The van der Waals surface area contributed by atoms with Crippen molar-refractivity contribution in [1.82, 2.24) is 5.32 Å². The zero-order chi connectivity index (χ0) is 23.1. The number of aryl methyl sites for hydroxylation is 1. The number of ketones is 1. The molecule has 0 bridgehead atoms. The van der Waals surface area contributed by atoms with Crippen LogP contribution in [0.2, 0.25) is 0 Å². The number of ether oxygens (including phenoxy) is 1. The molecule has 1 N–H and O–H groups in total. The van der Waals surface area contributed by atoms with Crippen LogP contribution in [0.3, 0.4) is 0 Å². The SMILES string of the molecule is COc1cccc(C(CCc2ccc(C(F)(F)F)cc2)NC(C(C)=O)c2ccccc2)c1. The molecule has 0 saturated carbocycles. The molecule has 0 aliphatic rings. The van der Waals surface area contributed by atoms with Crippen LogP contribution in [-0.2, 0) is 17.4 Å². The molecular weight excluding hydrogens is 415 g/mol. The lowest BCUT2D eigenvalue weighted by Gasteiger charge is -2.26. The molecule has 6 heteroatoms. The van der Waals surface area contributed by atoms with Crippen LogP contribution in [0, 0.1) is 0 Å². The highest BCUT2D eigenvalue weighted by Crippen LogP contribution is 2.30. The van der Waals surface area contributed by atoms with Crippen LogP contribution in [0.15, 0.2) is 78.9 Å². The first kappa shape index (κ1) is 23.5. The highest BCUT2D eigenvalue weighted by Gasteiger charge is 2.30. The summed E-state index contributed by atoms with van der Waals surface area (Å²) in [6.45, 7) is 1.54. The van der Waals surface area contributed by atoms with E-state index < -0.39 is 17.8 Å². The number of rotatable bonds is 9. The van der Waals surface area contributed by atoms with Crippen LogP contribution >= 0.6 is 0 Å². The first-order valence-electron chi connectivity index (χ1n) is 10.4. The Morgan fingerprint density at radius 2 is 1.59 bits per heavy atom. The molecule has 0 heterocycles. The molecule has 2 unspecified atom stereocenters. The standard InChI is InChI=1S/C26H26F3NO2/c1-18(31)25(20-7-4-3-5-8-20)30-24(21-9-6-10-23(17-21)32-2)16-13-19-11-14-22(15-12-19)26(27,28)29/h3-12,14-15,17,24-25,30H,13,16H2,1-2H3. The maximum atomic E-state index is 12.9. The van der Waals surface area contributed by atoms with Gasteiger partial charge in [-0.05, 0) is 60.7 Å². The highest BCUT2D eigenvalue weighted by atomic mass is 19.4. The summed E-state index contributed by atoms with van der Waals surface area (Å²) in [6.07, 6.45) is -3.21. The number of alkyl halides is 3. The molecule has 168 valence electrons. The van der Waals surface area contributed by atoms with Crippen molar-refractivity contribution in [1.29, 1.82) is 0 Å². The Balaban J connectivity index is 1.84. The van der Waals surface area contributed by atoms with Crippen molar-refractivity contribution >= 4 is 5.78 Å². The van der Waals surface area contributed by atoms with E-state index in [0.717, 1.165) is 28.8 Å². The van der Waals surface area contributed by atoms with Crippen LogP contribution in [-0.4, -0.2) is 12.9 Å². The average molecular weight is 441 g/mol. The van der Waals surface area contributed by atoms with Crippen molar-refractivity contribution < 1.29 is 22.7 Å². The molecule has 2 atom stereocenters. The van der Waals surface area contributed by atoms with E-state index in [2.05, 4.69) is 5.32 Å². The molecule has 3 nitrogen and oxygen atoms in total. The number of carbonyl (C=O) groups excluding carboxylic acids is 1. The van der Waals surface area contributed by atoms with Gasteiger partial charge in [0, 0.05) is 6.04 Å². The average Bonchev–Trinajstić information content (AvgIpc) is 2.79. The number of hydrogen-bond acceptors (Lipinski definition) is 3. The fourth-order valence-electron chi connectivity index (χ4n) is 3.67. The van der Waals surface area contributed by atoms with E-state index in [0.29, 0.717) is 18.6 Å². The van der Waals surface area contributed by atoms with Gasteiger partial charge in [0.1, 0.15) is 5.75 Å². The predicted octanol–water partition coefficient (Wildman–Crippen LogP) is 6.31. The van der Waals surface area contributed by atoms with Gasteiger partial charge in [-0.3, -0.25) is 10.1 Å². The fraction of sp³-hybridized carbons (Fsp3) is 0.269. The van der Waals surface area contributed by atoms with Gasteiger partial charge < -0.3 is 4.74 Å². The topological polar surface area (TPSA) is 38.3 Å². The summed E-state index contributed by atoms with van der Waals surface area (Å²) in [4.78, 5) is 12.4. The zero-order valence-corrected chi connectivity index (χ0v) is 18.0. The highest BCUT2D eigenvalue weighted by molar-refractivity contribution is 5.83. The largest absolute Gasteiger partial charge is 0.497 e. The molecule has 0 amide bonds. The van der Waals surface area contributed by atoms with Crippen molar-refractivity contribution in [3.8, 4) is 5.75 Å². The maximum Gasteiger partial charge on any atom is 0.416 e. The molecule has 0 spiro atoms. The van der Waals surface area contributed by atoms with E-state index in [1.165, 1.54) is 12.1 Å². The summed E-state index contributed by atoms with van der Waals surface area (Å²) in [5, 5.41) is 3.46. The summed E-state index contributed by atoms with van der Waals surface area (Å²) in [5.74, 6) is 0.682.